The molecule has 0 bridgehead atoms. The lowest BCUT2D eigenvalue weighted by Gasteiger charge is -1.94. The van der Waals surface area contributed by atoms with Gasteiger partial charge in [-0.3, -0.25) is 4.68 Å². The van der Waals surface area contributed by atoms with Gasteiger partial charge in [-0.25, -0.2) is 0 Å². The Hall–Kier alpha value is -1.78. The van der Waals surface area contributed by atoms with Crippen molar-refractivity contribution in [1.29, 1.82) is 0 Å². The van der Waals surface area contributed by atoms with Crippen molar-refractivity contribution in [3.63, 3.8) is 0 Å². The number of hydrogen-bond acceptors (Lipinski definition) is 4. The molecule has 68 valence electrons. The normalized spacial score (nSPS) is 10.6. The highest BCUT2D eigenvalue weighted by molar-refractivity contribution is 5.61. The third-order valence-corrected chi connectivity index (χ3v) is 2.03. The van der Waals surface area contributed by atoms with Gasteiger partial charge < -0.3 is 10.3 Å². The zero-order chi connectivity index (χ0) is 9.42. The molecule has 0 saturated heterocycles. The van der Waals surface area contributed by atoms with E-state index < -0.39 is 0 Å². The fraction of sp³-hybridized carbons (Fsp3) is 0.250. The molecule has 2 N–H and O–H groups in total. The van der Waals surface area contributed by atoms with Crippen LogP contribution in [0, 0.1) is 6.92 Å². The minimum atomic E-state index is 0.387. The Morgan fingerprint density at radius 1 is 1.54 bits per heavy atom. The fourth-order valence-electron chi connectivity index (χ4n) is 1.16. The molecule has 2 aromatic heterocycles. The summed E-state index contributed by atoms with van der Waals surface area (Å²) in [5.41, 5.74) is 7.39. The summed E-state index contributed by atoms with van der Waals surface area (Å²) in [6, 6.07) is 1.68. The average Bonchev–Trinajstić information content (AvgIpc) is 2.62. The van der Waals surface area contributed by atoms with Crippen LogP contribution in [0.4, 0.5) is 5.82 Å². The van der Waals surface area contributed by atoms with Gasteiger partial charge >= 0.3 is 0 Å². The molecule has 5 heteroatoms. The van der Waals surface area contributed by atoms with Gasteiger partial charge in [-0.05, 0) is 6.92 Å². The van der Waals surface area contributed by atoms with Crippen LogP contribution in [0.15, 0.2) is 16.8 Å². The smallest absolute Gasteiger partial charge is 0.172 e. The number of nitrogens with zero attached hydrogens (tertiary/aromatic N) is 3. The summed E-state index contributed by atoms with van der Waals surface area (Å²) in [4.78, 5) is 0. The molecule has 0 unspecified atom stereocenters. The van der Waals surface area contributed by atoms with Gasteiger partial charge in [0, 0.05) is 18.8 Å². The van der Waals surface area contributed by atoms with Crippen molar-refractivity contribution in [1.82, 2.24) is 14.9 Å². The number of anilines is 1. The number of nitrogens with two attached hydrogens (primary N) is 1. The third kappa shape index (κ3) is 1.18. The minimum Gasteiger partial charge on any atom is -0.381 e. The topological polar surface area (TPSA) is 69.9 Å². The van der Waals surface area contributed by atoms with Crippen molar-refractivity contribution >= 4 is 5.82 Å². The van der Waals surface area contributed by atoms with Gasteiger partial charge in [-0.2, -0.15) is 5.10 Å². The summed E-state index contributed by atoms with van der Waals surface area (Å²) in [5.74, 6) is 1.04. The molecule has 0 saturated carbocycles. The number of hydrogen-bond donors (Lipinski definition) is 1. The van der Waals surface area contributed by atoms with E-state index in [1.165, 1.54) is 0 Å². The molecular weight excluding hydrogens is 168 g/mol. The van der Waals surface area contributed by atoms with E-state index in [4.69, 9.17) is 10.3 Å². The fourth-order valence-corrected chi connectivity index (χ4v) is 1.16. The minimum absolute atomic E-state index is 0.387. The van der Waals surface area contributed by atoms with Gasteiger partial charge in [-0.1, -0.05) is 5.16 Å². The zero-order valence-electron chi connectivity index (χ0n) is 7.48. The van der Waals surface area contributed by atoms with E-state index in [2.05, 4.69) is 10.3 Å². The maximum atomic E-state index is 5.44. The molecule has 0 spiro atoms. The summed E-state index contributed by atoms with van der Waals surface area (Å²) in [5, 5.41) is 7.70. The molecule has 2 heterocycles. The van der Waals surface area contributed by atoms with Gasteiger partial charge in [0.1, 0.15) is 0 Å². The first-order chi connectivity index (χ1) is 6.18. The van der Waals surface area contributed by atoms with Crippen molar-refractivity contribution in [3.05, 3.63) is 18.0 Å². The number of aryl methyl sites for hydroxylation is 1. The second-order valence-electron chi connectivity index (χ2n) is 2.88. The molecule has 0 aromatic carbocycles. The third-order valence-electron chi connectivity index (χ3n) is 2.03. The van der Waals surface area contributed by atoms with Crippen molar-refractivity contribution in [2.45, 2.75) is 6.92 Å². The molecule has 2 aromatic rings. The summed E-state index contributed by atoms with van der Waals surface area (Å²) in [7, 11) is 1.87. The van der Waals surface area contributed by atoms with Crippen molar-refractivity contribution in [2.75, 3.05) is 5.73 Å². The lowest BCUT2D eigenvalue weighted by atomic mass is 10.2. The molecule has 0 aliphatic carbocycles. The van der Waals surface area contributed by atoms with Crippen molar-refractivity contribution in [3.8, 4) is 11.3 Å². The van der Waals surface area contributed by atoms with Crippen LogP contribution in [0.5, 0.6) is 0 Å². The molecule has 0 radical (unpaired) electrons. The van der Waals surface area contributed by atoms with Gasteiger partial charge in [-0.15, -0.1) is 0 Å². The van der Waals surface area contributed by atoms with Gasteiger partial charge in [0.15, 0.2) is 11.6 Å². The van der Waals surface area contributed by atoms with E-state index in [-0.39, 0.29) is 0 Å². The zero-order valence-corrected chi connectivity index (χ0v) is 7.48. The number of aromatic nitrogens is 3. The first kappa shape index (κ1) is 7.85. The first-order valence-electron chi connectivity index (χ1n) is 3.89. The Bertz CT molecular complexity index is 429. The summed E-state index contributed by atoms with van der Waals surface area (Å²) in [6.07, 6.45) is 1.73. The van der Waals surface area contributed by atoms with Crippen LogP contribution in [0.25, 0.3) is 11.3 Å². The van der Waals surface area contributed by atoms with Crippen LogP contribution in [0.2, 0.25) is 0 Å². The van der Waals surface area contributed by atoms with E-state index in [0.29, 0.717) is 11.6 Å². The quantitative estimate of drug-likeness (QED) is 0.706. The predicted molar refractivity (Wildman–Crippen MR) is 47.9 cm³/mol. The van der Waals surface area contributed by atoms with Gasteiger partial charge in [0.05, 0.1) is 11.8 Å². The Balaban J connectivity index is 2.52. The lowest BCUT2D eigenvalue weighted by molar-refractivity contribution is 0.435. The van der Waals surface area contributed by atoms with Crippen LogP contribution in [0.1, 0.15) is 5.69 Å². The van der Waals surface area contributed by atoms with Crippen molar-refractivity contribution in [2.24, 2.45) is 7.05 Å². The van der Waals surface area contributed by atoms with Crippen LogP contribution in [-0.4, -0.2) is 14.9 Å². The van der Waals surface area contributed by atoms with Gasteiger partial charge in [0.2, 0.25) is 0 Å². The summed E-state index contributed by atoms with van der Waals surface area (Å²) >= 11 is 0. The van der Waals surface area contributed by atoms with Crippen molar-refractivity contribution < 1.29 is 4.52 Å². The Morgan fingerprint density at radius 2 is 2.31 bits per heavy atom. The molecule has 0 atom stereocenters. The van der Waals surface area contributed by atoms with Crippen LogP contribution >= 0.6 is 0 Å². The molecule has 0 fully saturated rings. The number of rotatable bonds is 1. The SMILES string of the molecule is Cc1c(-c2cc(N)no2)cnn1C. The Morgan fingerprint density at radius 3 is 2.77 bits per heavy atom. The van der Waals surface area contributed by atoms with Crippen LogP contribution < -0.4 is 5.73 Å². The number of nitrogen functional groups attached to an aromatic ring is 1. The molecule has 13 heavy (non-hydrogen) atoms. The maximum absolute atomic E-state index is 5.44. The molecule has 0 aliphatic rings. The molecule has 2 rings (SSSR count). The molecule has 0 amide bonds. The summed E-state index contributed by atoms with van der Waals surface area (Å²) < 4.78 is 6.79. The molecular formula is C8H10N4O. The van der Waals surface area contributed by atoms with E-state index in [9.17, 15) is 0 Å². The Labute approximate surface area is 75.1 Å². The standard InChI is InChI=1S/C8H10N4O/c1-5-6(4-10-12(5)2)7-3-8(9)11-13-7/h3-4H,1-2H3,(H2,9,11). The second-order valence-corrected chi connectivity index (χ2v) is 2.88. The largest absolute Gasteiger partial charge is 0.381 e. The Kier molecular flexibility index (Phi) is 1.58. The molecule has 5 nitrogen and oxygen atoms in total. The van der Waals surface area contributed by atoms with Gasteiger partial charge in [0.25, 0.3) is 0 Å². The van der Waals surface area contributed by atoms with E-state index in [0.717, 1.165) is 11.3 Å². The monoisotopic (exact) mass is 178 g/mol. The highest BCUT2D eigenvalue weighted by Gasteiger charge is 2.10. The highest BCUT2D eigenvalue weighted by atomic mass is 16.5. The van der Waals surface area contributed by atoms with E-state index in [1.54, 1.807) is 16.9 Å². The lowest BCUT2D eigenvalue weighted by Crippen LogP contribution is -1.92. The second kappa shape index (κ2) is 2.62. The van der Waals surface area contributed by atoms with E-state index >= 15 is 0 Å². The predicted octanol–water partition coefficient (Wildman–Crippen LogP) is 0.966. The van der Waals surface area contributed by atoms with E-state index in [1.807, 2.05) is 14.0 Å². The summed E-state index contributed by atoms with van der Waals surface area (Å²) in [6.45, 7) is 1.96. The van der Waals surface area contributed by atoms with Crippen LogP contribution in [-0.2, 0) is 7.05 Å². The first-order valence-corrected chi connectivity index (χ1v) is 3.89. The maximum Gasteiger partial charge on any atom is 0.172 e. The average molecular weight is 178 g/mol. The van der Waals surface area contributed by atoms with Crippen LogP contribution in [0.3, 0.4) is 0 Å². The highest BCUT2D eigenvalue weighted by Crippen LogP contribution is 2.23. The molecule has 0 aliphatic heterocycles.